The molecule has 3 aromatic rings. The van der Waals surface area contributed by atoms with E-state index in [1.165, 1.54) is 6.92 Å². The largest absolute Gasteiger partial charge is 0.480 e. The van der Waals surface area contributed by atoms with Gasteiger partial charge in [0, 0.05) is 11.1 Å². The number of nitrogens with one attached hydrogen (secondary N) is 2. The lowest BCUT2D eigenvalue weighted by Gasteiger charge is -2.11. The molecule has 0 aliphatic rings. The summed E-state index contributed by atoms with van der Waals surface area (Å²) >= 11 is 0. The topological polar surface area (TPSA) is 109 Å². The second-order valence-corrected chi connectivity index (χ2v) is 5.72. The Hall–Kier alpha value is -3.61. The number of hydrogen-bond donors (Lipinski definition) is 3. The van der Waals surface area contributed by atoms with Crippen molar-refractivity contribution in [1.29, 1.82) is 0 Å². The number of para-hydroxylation sites is 1. The van der Waals surface area contributed by atoms with Crippen LogP contribution in [0.15, 0.2) is 63.8 Å². The predicted octanol–water partition coefficient (Wildman–Crippen LogP) is 3.05. The summed E-state index contributed by atoms with van der Waals surface area (Å²) < 4.78 is 5.32. The standard InChI is InChI=1S/C19H16N2O5/c1-11(17(22)23)20-19(25)21-14-8-6-12(7-9-14)15-10-13-4-2-3-5-16(13)26-18(15)24/h2-11H,1H3,(H,22,23)(H2,20,21,25). The van der Waals surface area contributed by atoms with Gasteiger partial charge < -0.3 is 20.2 Å². The number of carboxylic acids is 1. The first kappa shape index (κ1) is 17.2. The molecule has 1 unspecified atom stereocenters. The lowest BCUT2D eigenvalue weighted by atomic mass is 10.1. The fourth-order valence-electron chi connectivity index (χ4n) is 2.42. The Balaban J connectivity index is 1.80. The zero-order valence-corrected chi connectivity index (χ0v) is 13.9. The highest BCUT2D eigenvalue weighted by Crippen LogP contribution is 2.22. The van der Waals surface area contributed by atoms with Crippen LogP contribution in [0.4, 0.5) is 10.5 Å². The summed E-state index contributed by atoms with van der Waals surface area (Å²) in [5.41, 5.74) is 1.60. The van der Waals surface area contributed by atoms with Crippen LogP contribution in [0.3, 0.4) is 0 Å². The molecule has 132 valence electrons. The smallest absolute Gasteiger partial charge is 0.344 e. The predicted molar refractivity (Wildman–Crippen MR) is 97.2 cm³/mol. The molecule has 2 amide bonds. The van der Waals surface area contributed by atoms with Gasteiger partial charge in [-0.2, -0.15) is 0 Å². The van der Waals surface area contributed by atoms with E-state index in [0.29, 0.717) is 22.4 Å². The van der Waals surface area contributed by atoms with Gasteiger partial charge in [-0.25, -0.2) is 9.59 Å². The SMILES string of the molecule is CC(NC(=O)Nc1ccc(-c2cc3ccccc3oc2=O)cc1)C(=O)O. The first-order valence-electron chi connectivity index (χ1n) is 7.87. The summed E-state index contributed by atoms with van der Waals surface area (Å²) in [4.78, 5) is 34.6. The average molecular weight is 352 g/mol. The Morgan fingerprint density at radius 1 is 1.08 bits per heavy atom. The van der Waals surface area contributed by atoms with E-state index >= 15 is 0 Å². The third-order valence-corrected chi connectivity index (χ3v) is 3.81. The molecule has 3 N–H and O–H groups in total. The van der Waals surface area contributed by atoms with Gasteiger partial charge in [0.25, 0.3) is 0 Å². The number of urea groups is 1. The Labute approximate surface area is 148 Å². The van der Waals surface area contributed by atoms with E-state index in [0.717, 1.165) is 5.39 Å². The molecular formula is C19H16N2O5. The average Bonchev–Trinajstić information content (AvgIpc) is 2.61. The van der Waals surface area contributed by atoms with E-state index in [1.807, 2.05) is 12.1 Å². The summed E-state index contributed by atoms with van der Waals surface area (Å²) in [6.45, 7) is 1.37. The molecular weight excluding hydrogens is 336 g/mol. The highest BCUT2D eigenvalue weighted by molar-refractivity contribution is 5.92. The third kappa shape index (κ3) is 3.72. The van der Waals surface area contributed by atoms with Gasteiger partial charge in [-0.1, -0.05) is 30.3 Å². The summed E-state index contributed by atoms with van der Waals surface area (Å²) in [7, 11) is 0. The molecule has 7 heteroatoms. The minimum absolute atomic E-state index is 0.416. The highest BCUT2D eigenvalue weighted by Gasteiger charge is 2.14. The van der Waals surface area contributed by atoms with E-state index in [1.54, 1.807) is 42.5 Å². The molecule has 3 rings (SSSR count). The van der Waals surface area contributed by atoms with E-state index in [2.05, 4.69) is 10.6 Å². The number of fused-ring (bicyclic) bond motifs is 1. The first-order chi connectivity index (χ1) is 12.4. The minimum Gasteiger partial charge on any atom is -0.480 e. The van der Waals surface area contributed by atoms with Gasteiger partial charge in [-0.15, -0.1) is 0 Å². The molecule has 1 aromatic heterocycles. The molecule has 26 heavy (non-hydrogen) atoms. The molecule has 0 aliphatic heterocycles. The zero-order valence-electron chi connectivity index (χ0n) is 13.9. The fraction of sp³-hybridized carbons (Fsp3) is 0.105. The molecule has 0 radical (unpaired) electrons. The number of carboxylic acid groups (broad SMARTS) is 1. The maximum atomic E-state index is 12.2. The summed E-state index contributed by atoms with van der Waals surface area (Å²) in [6, 6.07) is 13.9. The van der Waals surface area contributed by atoms with Crippen LogP contribution in [0.1, 0.15) is 6.92 Å². The van der Waals surface area contributed by atoms with Gasteiger partial charge in [-0.3, -0.25) is 4.79 Å². The molecule has 2 aromatic carbocycles. The van der Waals surface area contributed by atoms with Crippen LogP contribution in [0.25, 0.3) is 22.1 Å². The van der Waals surface area contributed by atoms with Crippen molar-refractivity contribution in [3.63, 3.8) is 0 Å². The van der Waals surface area contributed by atoms with Crippen molar-refractivity contribution in [3.8, 4) is 11.1 Å². The zero-order chi connectivity index (χ0) is 18.7. The maximum Gasteiger partial charge on any atom is 0.344 e. The van der Waals surface area contributed by atoms with Gasteiger partial charge in [0.15, 0.2) is 0 Å². The molecule has 1 atom stereocenters. The Kier molecular flexibility index (Phi) is 4.70. The van der Waals surface area contributed by atoms with E-state index < -0.39 is 23.7 Å². The number of benzene rings is 2. The van der Waals surface area contributed by atoms with Crippen LogP contribution >= 0.6 is 0 Å². The monoisotopic (exact) mass is 352 g/mol. The van der Waals surface area contributed by atoms with Crippen LogP contribution < -0.4 is 16.3 Å². The van der Waals surface area contributed by atoms with Crippen molar-refractivity contribution in [3.05, 3.63) is 65.0 Å². The maximum absolute atomic E-state index is 12.2. The highest BCUT2D eigenvalue weighted by atomic mass is 16.4. The van der Waals surface area contributed by atoms with Gasteiger partial charge in [0.1, 0.15) is 11.6 Å². The van der Waals surface area contributed by atoms with Crippen molar-refractivity contribution in [2.75, 3.05) is 5.32 Å². The van der Waals surface area contributed by atoms with Crippen LogP contribution in [-0.4, -0.2) is 23.1 Å². The lowest BCUT2D eigenvalue weighted by molar-refractivity contribution is -0.138. The molecule has 0 saturated carbocycles. The molecule has 0 aliphatic carbocycles. The normalized spacial score (nSPS) is 11.7. The van der Waals surface area contributed by atoms with E-state index in [4.69, 9.17) is 9.52 Å². The van der Waals surface area contributed by atoms with E-state index in [9.17, 15) is 14.4 Å². The molecule has 7 nitrogen and oxygen atoms in total. The quantitative estimate of drug-likeness (QED) is 0.625. The van der Waals surface area contributed by atoms with Crippen LogP contribution in [-0.2, 0) is 4.79 Å². The molecule has 0 saturated heterocycles. The fourth-order valence-corrected chi connectivity index (χ4v) is 2.42. The summed E-state index contributed by atoms with van der Waals surface area (Å²) in [5, 5.41) is 14.4. The Morgan fingerprint density at radius 2 is 1.77 bits per heavy atom. The van der Waals surface area contributed by atoms with Gasteiger partial charge >= 0.3 is 17.6 Å². The lowest BCUT2D eigenvalue weighted by Crippen LogP contribution is -2.40. The number of hydrogen-bond acceptors (Lipinski definition) is 4. The Morgan fingerprint density at radius 3 is 2.46 bits per heavy atom. The number of amides is 2. The van der Waals surface area contributed by atoms with Gasteiger partial charge in [0.2, 0.25) is 0 Å². The van der Waals surface area contributed by atoms with Crippen LogP contribution in [0.5, 0.6) is 0 Å². The van der Waals surface area contributed by atoms with Crippen molar-refractivity contribution >= 4 is 28.7 Å². The summed E-state index contributed by atoms with van der Waals surface area (Å²) in [6.07, 6.45) is 0. The first-order valence-corrected chi connectivity index (χ1v) is 7.87. The van der Waals surface area contributed by atoms with Crippen molar-refractivity contribution in [1.82, 2.24) is 5.32 Å². The number of rotatable bonds is 4. The number of anilines is 1. The van der Waals surface area contributed by atoms with Gasteiger partial charge in [0.05, 0.1) is 5.56 Å². The van der Waals surface area contributed by atoms with E-state index in [-0.39, 0.29) is 0 Å². The van der Waals surface area contributed by atoms with Crippen LogP contribution in [0.2, 0.25) is 0 Å². The number of aliphatic carboxylic acids is 1. The van der Waals surface area contributed by atoms with Crippen molar-refractivity contribution in [2.45, 2.75) is 13.0 Å². The third-order valence-electron chi connectivity index (χ3n) is 3.81. The summed E-state index contributed by atoms with van der Waals surface area (Å²) in [5.74, 6) is -1.13. The Bertz CT molecular complexity index is 1020. The van der Waals surface area contributed by atoms with Crippen molar-refractivity contribution in [2.24, 2.45) is 0 Å². The molecule has 0 fully saturated rings. The van der Waals surface area contributed by atoms with Gasteiger partial charge in [-0.05, 0) is 36.8 Å². The molecule has 0 bridgehead atoms. The van der Waals surface area contributed by atoms with Crippen molar-refractivity contribution < 1.29 is 19.1 Å². The van der Waals surface area contributed by atoms with Crippen LogP contribution in [0, 0.1) is 0 Å². The minimum atomic E-state index is -1.13. The second-order valence-electron chi connectivity index (χ2n) is 5.72. The molecule has 0 spiro atoms. The molecule has 1 heterocycles. The second kappa shape index (κ2) is 7.10. The number of carbonyl (C=O) groups is 2. The number of carbonyl (C=O) groups excluding carboxylic acids is 1.